The molecule has 2 aliphatic rings. The number of hydrogen-bond donors (Lipinski definition) is 2. The van der Waals surface area contributed by atoms with Crippen molar-refractivity contribution in [1.29, 1.82) is 0 Å². The van der Waals surface area contributed by atoms with Gasteiger partial charge in [0.05, 0.1) is 27.8 Å². The summed E-state index contributed by atoms with van der Waals surface area (Å²) in [4.78, 5) is 0. The van der Waals surface area contributed by atoms with Crippen LogP contribution in [0.15, 0.2) is 28.9 Å². The number of rotatable bonds is 7. The number of methoxy groups -OCH3 is 1. The van der Waals surface area contributed by atoms with Crippen LogP contribution in [0.25, 0.3) is 6.08 Å². The summed E-state index contributed by atoms with van der Waals surface area (Å²) in [5.74, 6) is 0.641. The Morgan fingerprint density at radius 3 is 2.77 bits per heavy atom. The summed E-state index contributed by atoms with van der Waals surface area (Å²) in [6.07, 6.45) is 4.67. The highest BCUT2D eigenvalue weighted by atomic mass is 127. The van der Waals surface area contributed by atoms with Crippen molar-refractivity contribution in [2.45, 2.75) is 57.2 Å². The largest absolute Gasteiger partial charge is 0.504 e. The molecule has 164 valence electrons. The minimum atomic E-state index is -3.25. The summed E-state index contributed by atoms with van der Waals surface area (Å²) >= 11 is 2.07. The number of benzene rings is 1. The molecule has 0 radical (unpaired) electrons. The smallest absolute Gasteiger partial charge is 0.456 e. The van der Waals surface area contributed by atoms with Crippen molar-refractivity contribution in [2.75, 3.05) is 12.9 Å². The number of hydrogen-bond acceptors (Lipinski definition) is 6. The fourth-order valence-corrected chi connectivity index (χ4v) is 7.17. The lowest BCUT2D eigenvalue weighted by molar-refractivity contribution is 0.169. The van der Waals surface area contributed by atoms with E-state index in [1.165, 1.54) is 12.7 Å². The van der Waals surface area contributed by atoms with E-state index in [0.717, 1.165) is 29.6 Å². The Labute approximate surface area is 192 Å². The van der Waals surface area contributed by atoms with Crippen molar-refractivity contribution in [3.05, 3.63) is 38.0 Å². The van der Waals surface area contributed by atoms with Crippen molar-refractivity contribution in [3.8, 4) is 11.5 Å². The highest BCUT2D eigenvalue weighted by Crippen LogP contribution is 2.40. The molecule has 1 aromatic rings. The van der Waals surface area contributed by atoms with Crippen LogP contribution in [0.2, 0.25) is 6.32 Å². The molecule has 6 nitrogen and oxygen atoms in total. The molecule has 3 rings (SSSR count). The van der Waals surface area contributed by atoms with Gasteiger partial charge >= 0.3 is 7.12 Å². The number of fused-ring (bicyclic) bond motifs is 1. The summed E-state index contributed by atoms with van der Waals surface area (Å²) in [6, 6.07) is 3.69. The Kier molecular flexibility index (Phi) is 7.58. The molecule has 0 aliphatic carbocycles. The van der Waals surface area contributed by atoms with Crippen molar-refractivity contribution in [3.63, 3.8) is 0 Å². The van der Waals surface area contributed by atoms with Gasteiger partial charge in [0.1, 0.15) is 0 Å². The molecule has 30 heavy (non-hydrogen) atoms. The molecule has 1 fully saturated rings. The Morgan fingerprint density at radius 2 is 2.13 bits per heavy atom. The Balaban J connectivity index is 1.82. The Bertz CT molecular complexity index is 972. The van der Waals surface area contributed by atoms with Crippen molar-refractivity contribution in [2.24, 2.45) is 0 Å². The summed E-state index contributed by atoms with van der Waals surface area (Å²) in [5.41, 5.74) is 3.93. The third kappa shape index (κ3) is 4.89. The average Bonchev–Trinajstić information content (AvgIpc) is 2.97. The predicted molar refractivity (Wildman–Crippen MR) is 127 cm³/mol. The summed E-state index contributed by atoms with van der Waals surface area (Å²) in [7, 11) is -2.78. The number of sulfone groups is 1. The summed E-state index contributed by atoms with van der Waals surface area (Å²) in [5, 5.41) is 19.6. The maximum absolute atomic E-state index is 12.6. The monoisotopic (exact) mass is 546 g/mol. The molecule has 2 aliphatic heterocycles. The molecule has 2 heterocycles. The highest BCUT2D eigenvalue weighted by molar-refractivity contribution is 14.1. The van der Waals surface area contributed by atoms with Gasteiger partial charge in [-0.25, -0.2) is 8.42 Å². The first-order chi connectivity index (χ1) is 14.2. The van der Waals surface area contributed by atoms with E-state index < -0.39 is 22.2 Å². The van der Waals surface area contributed by atoms with Crippen LogP contribution in [0.3, 0.4) is 0 Å². The van der Waals surface area contributed by atoms with Gasteiger partial charge in [-0.15, -0.1) is 0 Å². The average molecular weight is 546 g/mol. The molecule has 0 spiro atoms. The van der Waals surface area contributed by atoms with E-state index in [9.17, 15) is 18.5 Å². The van der Waals surface area contributed by atoms with Gasteiger partial charge in [-0.1, -0.05) is 31.1 Å². The summed E-state index contributed by atoms with van der Waals surface area (Å²) in [6.45, 7) is 4.05. The fourth-order valence-electron chi connectivity index (χ4n) is 4.32. The zero-order valence-corrected chi connectivity index (χ0v) is 20.5. The highest BCUT2D eigenvalue weighted by Gasteiger charge is 2.47. The predicted octanol–water partition coefficient (Wildman–Crippen LogP) is 3.96. The molecule has 9 heteroatoms. The SMILES string of the molecule is CCC1=C2[C@@H](CC/C(=C/c3cc(I)c(O)c(OC)c3)CC)OB(O)C[C@@H]2S(=O)(=O)C1. The lowest BCUT2D eigenvalue weighted by Gasteiger charge is -2.32. The van der Waals surface area contributed by atoms with E-state index in [1.54, 1.807) is 6.07 Å². The van der Waals surface area contributed by atoms with Gasteiger partial charge in [0.2, 0.25) is 0 Å². The molecule has 0 bridgehead atoms. The molecule has 2 atom stereocenters. The lowest BCUT2D eigenvalue weighted by atomic mass is 9.74. The van der Waals surface area contributed by atoms with Gasteiger partial charge in [-0.3, -0.25) is 0 Å². The summed E-state index contributed by atoms with van der Waals surface area (Å²) < 4.78 is 36.9. The van der Waals surface area contributed by atoms with Gasteiger partial charge in [-0.05, 0) is 71.5 Å². The number of aromatic hydroxyl groups is 1. The minimum absolute atomic E-state index is 0.0816. The molecule has 0 unspecified atom stereocenters. The molecule has 0 saturated carbocycles. The number of allylic oxidation sites excluding steroid dienone is 1. The second kappa shape index (κ2) is 9.62. The molecule has 1 aromatic carbocycles. The first-order valence-electron chi connectivity index (χ1n) is 10.2. The van der Waals surface area contributed by atoms with Gasteiger partial charge in [0.25, 0.3) is 0 Å². The first-order valence-corrected chi connectivity index (χ1v) is 13.0. The minimum Gasteiger partial charge on any atom is -0.504 e. The van der Waals surface area contributed by atoms with Crippen molar-refractivity contribution < 1.29 is 27.9 Å². The van der Waals surface area contributed by atoms with Gasteiger partial charge < -0.3 is 19.5 Å². The lowest BCUT2D eigenvalue weighted by Crippen LogP contribution is -2.41. The standard InChI is InChI=1S/C21H28BIO6S/c1-4-13(8-14-9-16(23)21(24)18(10-14)28-3)6-7-17-20-15(5-2)12-30(26,27)19(20)11-22(25)29-17/h8-10,17,19,24-25H,4-7,11-12H2,1-3H3/b13-8+/t17-,19+/m1/s1. The molecular formula is C21H28BIO6S. The van der Waals surface area contributed by atoms with Gasteiger partial charge in [0, 0.05) is 6.32 Å². The molecule has 0 aromatic heterocycles. The molecule has 1 saturated heterocycles. The van der Waals surface area contributed by atoms with Gasteiger partial charge in [-0.2, -0.15) is 0 Å². The van der Waals surface area contributed by atoms with Crippen LogP contribution in [0, 0.1) is 3.57 Å². The zero-order chi connectivity index (χ0) is 22.1. The first kappa shape index (κ1) is 23.6. The normalized spacial score (nSPS) is 23.6. The number of phenols is 1. The van der Waals surface area contributed by atoms with E-state index in [0.29, 0.717) is 22.2 Å². The molecular weight excluding hydrogens is 518 g/mol. The van der Waals surface area contributed by atoms with Crippen LogP contribution < -0.4 is 4.74 Å². The topological polar surface area (TPSA) is 93.1 Å². The Hall–Kier alpha value is -1.04. The van der Waals surface area contributed by atoms with Gasteiger partial charge in [0.15, 0.2) is 21.3 Å². The van der Waals surface area contributed by atoms with E-state index in [4.69, 9.17) is 9.39 Å². The third-order valence-corrected chi connectivity index (χ3v) is 8.78. The van der Waals surface area contributed by atoms with E-state index in [-0.39, 0.29) is 23.9 Å². The molecule has 2 N–H and O–H groups in total. The number of halogens is 1. The zero-order valence-electron chi connectivity index (χ0n) is 17.5. The van der Waals surface area contributed by atoms with Crippen molar-refractivity contribution >= 4 is 45.6 Å². The number of ether oxygens (including phenoxy) is 1. The van der Waals surface area contributed by atoms with Crippen LogP contribution in [0.4, 0.5) is 0 Å². The Morgan fingerprint density at radius 1 is 1.40 bits per heavy atom. The third-order valence-electron chi connectivity index (χ3n) is 5.90. The second-order valence-electron chi connectivity index (χ2n) is 7.77. The quantitative estimate of drug-likeness (QED) is 0.306. The van der Waals surface area contributed by atoms with Crippen LogP contribution in [0.1, 0.15) is 45.1 Å². The van der Waals surface area contributed by atoms with Crippen LogP contribution in [0.5, 0.6) is 11.5 Å². The van der Waals surface area contributed by atoms with E-state index in [1.807, 2.05) is 13.0 Å². The number of phenolic OH excluding ortho intramolecular Hbond substituents is 1. The molecule has 0 amide bonds. The van der Waals surface area contributed by atoms with Crippen LogP contribution >= 0.6 is 22.6 Å². The maximum Gasteiger partial charge on any atom is 0.456 e. The van der Waals surface area contributed by atoms with Crippen molar-refractivity contribution in [1.82, 2.24) is 0 Å². The fraction of sp³-hybridized carbons (Fsp3) is 0.524. The van der Waals surface area contributed by atoms with E-state index in [2.05, 4.69) is 35.6 Å². The van der Waals surface area contributed by atoms with Crippen LogP contribution in [-0.2, 0) is 14.5 Å². The van der Waals surface area contributed by atoms with Crippen LogP contribution in [-0.4, -0.2) is 49.9 Å². The second-order valence-corrected chi connectivity index (χ2v) is 11.1. The van der Waals surface area contributed by atoms with E-state index >= 15 is 0 Å². The maximum atomic E-state index is 12.6.